The van der Waals surface area contributed by atoms with Gasteiger partial charge in [0.2, 0.25) is 0 Å². The summed E-state index contributed by atoms with van der Waals surface area (Å²) >= 11 is 0. The van der Waals surface area contributed by atoms with Gasteiger partial charge in [0.1, 0.15) is 0 Å². The first-order valence-electron chi connectivity index (χ1n) is 17.2. The first kappa shape index (κ1) is 28.4. The maximum atomic E-state index is 2.47. The number of rotatable bonds is 5. The molecule has 0 radical (unpaired) electrons. The van der Waals surface area contributed by atoms with Crippen molar-refractivity contribution in [3.05, 3.63) is 194 Å². The second kappa shape index (κ2) is 11.5. The van der Waals surface area contributed by atoms with Gasteiger partial charge in [0, 0.05) is 32.9 Å². The van der Waals surface area contributed by atoms with Crippen molar-refractivity contribution >= 4 is 43.6 Å². The number of hydrogen-bond acceptors (Lipinski definition) is 0. The average molecular weight is 637 g/mol. The van der Waals surface area contributed by atoms with E-state index < -0.39 is 0 Å². The van der Waals surface area contributed by atoms with E-state index in [2.05, 4.69) is 203 Å². The molecule has 0 fully saturated rings. The van der Waals surface area contributed by atoms with Crippen LogP contribution in [0.25, 0.3) is 88.4 Å². The Morgan fingerprint density at radius 2 is 0.780 bits per heavy atom. The number of aromatic nitrogens is 2. The Morgan fingerprint density at radius 1 is 0.260 bits per heavy atom. The third kappa shape index (κ3) is 4.50. The zero-order valence-corrected chi connectivity index (χ0v) is 27.4. The molecule has 0 saturated heterocycles. The maximum Gasteiger partial charge on any atom is 0.0641 e. The molecule has 234 valence electrons. The van der Waals surface area contributed by atoms with Crippen molar-refractivity contribution in [3.8, 4) is 44.8 Å². The Hall–Kier alpha value is -6.64. The van der Waals surface area contributed by atoms with E-state index in [0.717, 1.165) is 11.4 Å². The van der Waals surface area contributed by atoms with E-state index in [1.165, 1.54) is 77.0 Å². The van der Waals surface area contributed by atoms with Crippen molar-refractivity contribution in [1.29, 1.82) is 0 Å². The number of nitrogens with zero attached hydrogens (tertiary/aromatic N) is 2. The third-order valence-electron chi connectivity index (χ3n) is 10.1. The van der Waals surface area contributed by atoms with Crippen molar-refractivity contribution in [3.63, 3.8) is 0 Å². The minimum Gasteiger partial charge on any atom is -0.309 e. The predicted octanol–water partition coefficient (Wildman–Crippen LogP) is 12.9. The van der Waals surface area contributed by atoms with E-state index in [-0.39, 0.29) is 0 Å². The Bertz CT molecular complexity index is 2840. The SMILES string of the molecule is c1ccc(-c2cccc(-c3ccc(-n4c5ccccc5c5ccc6c(c7ccccc7n6-c6cccc(-c7ccccc7)c6)c54)cc3)c2)cc1. The van der Waals surface area contributed by atoms with Crippen molar-refractivity contribution < 1.29 is 0 Å². The van der Waals surface area contributed by atoms with Crippen LogP contribution < -0.4 is 0 Å². The molecule has 0 N–H and O–H groups in total. The van der Waals surface area contributed by atoms with Gasteiger partial charge in [0.05, 0.1) is 22.1 Å². The van der Waals surface area contributed by atoms with Gasteiger partial charge in [0.25, 0.3) is 0 Å². The van der Waals surface area contributed by atoms with Gasteiger partial charge in [0.15, 0.2) is 0 Å². The fourth-order valence-electron chi connectivity index (χ4n) is 7.82. The van der Waals surface area contributed by atoms with E-state index in [0.29, 0.717) is 0 Å². The summed E-state index contributed by atoms with van der Waals surface area (Å²) in [6.07, 6.45) is 0. The summed E-state index contributed by atoms with van der Waals surface area (Å²) in [5.74, 6) is 0. The van der Waals surface area contributed by atoms with Crippen LogP contribution in [0.5, 0.6) is 0 Å². The molecule has 0 aliphatic rings. The fourth-order valence-corrected chi connectivity index (χ4v) is 7.82. The van der Waals surface area contributed by atoms with Crippen LogP contribution in [0.4, 0.5) is 0 Å². The molecule has 8 aromatic carbocycles. The first-order valence-corrected chi connectivity index (χ1v) is 17.2. The Kier molecular flexibility index (Phi) is 6.53. The van der Waals surface area contributed by atoms with E-state index in [1.54, 1.807) is 0 Å². The van der Waals surface area contributed by atoms with Gasteiger partial charge in [-0.25, -0.2) is 0 Å². The van der Waals surface area contributed by atoms with Gasteiger partial charge in [-0.05, 0) is 81.9 Å². The highest BCUT2D eigenvalue weighted by Gasteiger charge is 2.21. The number of para-hydroxylation sites is 2. The molecular weight excluding hydrogens is 605 g/mol. The van der Waals surface area contributed by atoms with Crippen LogP contribution in [0.1, 0.15) is 0 Å². The lowest BCUT2D eigenvalue weighted by Crippen LogP contribution is -1.96. The van der Waals surface area contributed by atoms with Gasteiger partial charge >= 0.3 is 0 Å². The highest BCUT2D eigenvalue weighted by molar-refractivity contribution is 6.26. The lowest BCUT2D eigenvalue weighted by atomic mass is 9.99. The van der Waals surface area contributed by atoms with Crippen LogP contribution in [0.2, 0.25) is 0 Å². The Labute approximate surface area is 290 Å². The van der Waals surface area contributed by atoms with Crippen molar-refractivity contribution in [2.45, 2.75) is 0 Å². The minimum atomic E-state index is 1.15. The number of fused-ring (bicyclic) bond motifs is 7. The Morgan fingerprint density at radius 3 is 1.46 bits per heavy atom. The standard InChI is InChI=1S/C48H32N2/c1-3-13-33(14-4-1)36-17-11-18-37(31-36)35-25-27-39(28-26-35)50-44-23-9-7-21-41(44)42-29-30-46-47(48(42)50)43-22-8-10-24-45(43)49(46)40-20-12-19-38(32-40)34-15-5-2-6-16-34/h1-32H. The summed E-state index contributed by atoms with van der Waals surface area (Å²) in [5, 5.41) is 5.02. The molecule has 2 nitrogen and oxygen atoms in total. The van der Waals surface area contributed by atoms with Gasteiger partial charge in [-0.2, -0.15) is 0 Å². The lowest BCUT2D eigenvalue weighted by molar-refractivity contribution is 1.17. The molecule has 2 heteroatoms. The van der Waals surface area contributed by atoms with Gasteiger partial charge in [-0.15, -0.1) is 0 Å². The molecule has 0 aliphatic carbocycles. The summed E-state index contributed by atoms with van der Waals surface area (Å²) in [4.78, 5) is 0. The normalized spacial score (nSPS) is 11.6. The summed E-state index contributed by atoms with van der Waals surface area (Å²) in [7, 11) is 0. The molecule has 0 amide bonds. The smallest absolute Gasteiger partial charge is 0.0641 e. The molecule has 10 aromatic rings. The van der Waals surface area contributed by atoms with Crippen LogP contribution in [-0.4, -0.2) is 9.13 Å². The van der Waals surface area contributed by atoms with Crippen LogP contribution in [0.3, 0.4) is 0 Å². The summed E-state index contributed by atoms with van der Waals surface area (Å²) < 4.78 is 4.90. The van der Waals surface area contributed by atoms with Crippen molar-refractivity contribution in [1.82, 2.24) is 9.13 Å². The third-order valence-corrected chi connectivity index (χ3v) is 10.1. The molecule has 0 atom stereocenters. The van der Waals surface area contributed by atoms with Gasteiger partial charge < -0.3 is 9.13 Å². The molecule has 0 spiro atoms. The highest BCUT2D eigenvalue weighted by Crippen LogP contribution is 2.42. The zero-order valence-electron chi connectivity index (χ0n) is 27.4. The van der Waals surface area contributed by atoms with Gasteiger partial charge in [-0.1, -0.05) is 146 Å². The highest BCUT2D eigenvalue weighted by atomic mass is 15.0. The fraction of sp³-hybridized carbons (Fsp3) is 0. The predicted molar refractivity (Wildman–Crippen MR) is 211 cm³/mol. The second-order valence-corrected chi connectivity index (χ2v) is 13.0. The summed E-state index contributed by atoms with van der Waals surface area (Å²) in [6.45, 7) is 0. The molecule has 0 bridgehead atoms. The molecule has 2 heterocycles. The zero-order chi connectivity index (χ0) is 33.0. The summed E-state index contributed by atoms with van der Waals surface area (Å²) in [6, 6.07) is 70.3. The lowest BCUT2D eigenvalue weighted by Gasteiger charge is -2.12. The van der Waals surface area contributed by atoms with E-state index in [1.807, 2.05) is 0 Å². The maximum absolute atomic E-state index is 2.47. The first-order chi connectivity index (χ1) is 24.8. The van der Waals surface area contributed by atoms with E-state index >= 15 is 0 Å². The number of benzene rings is 8. The van der Waals surface area contributed by atoms with Crippen LogP contribution in [-0.2, 0) is 0 Å². The van der Waals surface area contributed by atoms with Crippen LogP contribution >= 0.6 is 0 Å². The molecule has 10 rings (SSSR count). The van der Waals surface area contributed by atoms with Crippen molar-refractivity contribution in [2.75, 3.05) is 0 Å². The topological polar surface area (TPSA) is 9.86 Å². The molecule has 50 heavy (non-hydrogen) atoms. The average Bonchev–Trinajstić information content (AvgIpc) is 3.72. The van der Waals surface area contributed by atoms with Crippen LogP contribution in [0, 0.1) is 0 Å². The molecule has 0 aliphatic heterocycles. The summed E-state index contributed by atoms with van der Waals surface area (Å²) in [5.41, 5.74) is 14.4. The van der Waals surface area contributed by atoms with Crippen LogP contribution in [0.15, 0.2) is 194 Å². The molecular formula is C48H32N2. The largest absolute Gasteiger partial charge is 0.309 e. The monoisotopic (exact) mass is 636 g/mol. The molecule has 0 unspecified atom stereocenters. The minimum absolute atomic E-state index is 1.15. The number of hydrogen-bond donors (Lipinski definition) is 0. The quantitative estimate of drug-likeness (QED) is 0.178. The van der Waals surface area contributed by atoms with Crippen molar-refractivity contribution in [2.24, 2.45) is 0 Å². The second-order valence-electron chi connectivity index (χ2n) is 13.0. The van der Waals surface area contributed by atoms with E-state index in [4.69, 9.17) is 0 Å². The van der Waals surface area contributed by atoms with E-state index in [9.17, 15) is 0 Å². The molecule has 0 saturated carbocycles. The Balaban J connectivity index is 1.19. The molecule has 2 aromatic heterocycles. The van der Waals surface area contributed by atoms with Gasteiger partial charge in [-0.3, -0.25) is 0 Å².